The first kappa shape index (κ1) is 15.3. The van der Waals surface area contributed by atoms with Crippen LogP contribution in [0.1, 0.15) is 24.1 Å². The third-order valence-corrected chi connectivity index (χ3v) is 4.65. The van der Waals surface area contributed by atoms with E-state index in [0.717, 1.165) is 39.3 Å². The summed E-state index contributed by atoms with van der Waals surface area (Å²) in [5.74, 6) is 0.0270. The molecule has 1 aromatic rings. The van der Waals surface area contributed by atoms with Crippen LogP contribution in [-0.2, 0) is 16.0 Å². The Morgan fingerprint density at radius 3 is 2.82 bits per heavy atom. The molecule has 2 aliphatic heterocycles. The molecule has 0 saturated carbocycles. The first-order valence-corrected chi connectivity index (χ1v) is 8.05. The summed E-state index contributed by atoms with van der Waals surface area (Å²) in [6, 6.07) is 6.98. The molecule has 3 rings (SSSR count). The molecule has 5 nitrogen and oxygen atoms in total. The Morgan fingerprint density at radius 2 is 2.09 bits per heavy atom. The van der Waals surface area contributed by atoms with Gasteiger partial charge < -0.3 is 15.0 Å². The Kier molecular flexibility index (Phi) is 4.64. The Morgan fingerprint density at radius 1 is 1.32 bits per heavy atom. The minimum absolute atomic E-state index is 0.0270. The van der Waals surface area contributed by atoms with Crippen LogP contribution in [0.5, 0.6) is 0 Å². The molecule has 22 heavy (non-hydrogen) atoms. The van der Waals surface area contributed by atoms with Gasteiger partial charge in [-0.3, -0.25) is 9.69 Å². The average Bonchev–Trinajstić information content (AvgIpc) is 2.89. The first-order chi connectivity index (χ1) is 10.6. The second-order valence-electron chi connectivity index (χ2n) is 6.16. The molecule has 2 aliphatic rings. The van der Waals surface area contributed by atoms with Gasteiger partial charge in [0.15, 0.2) is 0 Å². The second kappa shape index (κ2) is 6.67. The van der Waals surface area contributed by atoms with Gasteiger partial charge in [0.2, 0.25) is 5.91 Å². The number of ether oxygens (including phenoxy) is 1. The van der Waals surface area contributed by atoms with E-state index in [2.05, 4.69) is 40.4 Å². The van der Waals surface area contributed by atoms with Crippen LogP contribution >= 0.6 is 0 Å². The van der Waals surface area contributed by atoms with Crippen molar-refractivity contribution in [3.63, 3.8) is 0 Å². The van der Waals surface area contributed by atoms with Crippen LogP contribution < -0.4 is 10.2 Å². The van der Waals surface area contributed by atoms with Gasteiger partial charge in [-0.15, -0.1) is 0 Å². The molecular weight excluding hydrogens is 278 g/mol. The standard InChI is InChI=1S/C17H25N3O2/c1-13(21)18-12-17(20-7-9-22-10-8-20)14-3-4-16-15(11-14)5-6-19(16)2/h3-4,11,17H,5-10,12H2,1-2H3,(H,18,21)/t17-/m1/s1. The van der Waals surface area contributed by atoms with Crippen LogP contribution in [0, 0.1) is 0 Å². The summed E-state index contributed by atoms with van der Waals surface area (Å²) >= 11 is 0. The van der Waals surface area contributed by atoms with Crippen molar-refractivity contribution in [3.8, 4) is 0 Å². The van der Waals surface area contributed by atoms with Crippen molar-refractivity contribution in [2.24, 2.45) is 0 Å². The summed E-state index contributed by atoms with van der Waals surface area (Å²) in [4.78, 5) is 16.1. The lowest BCUT2D eigenvalue weighted by molar-refractivity contribution is -0.119. The van der Waals surface area contributed by atoms with Crippen molar-refractivity contribution in [3.05, 3.63) is 29.3 Å². The number of hydrogen-bond donors (Lipinski definition) is 1. The van der Waals surface area contributed by atoms with E-state index in [1.807, 2.05) is 0 Å². The molecule has 1 N–H and O–H groups in total. The van der Waals surface area contributed by atoms with E-state index < -0.39 is 0 Å². The molecule has 120 valence electrons. The molecule has 0 unspecified atom stereocenters. The van der Waals surface area contributed by atoms with Gasteiger partial charge >= 0.3 is 0 Å². The lowest BCUT2D eigenvalue weighted by Gasteiger charge is -2.35. The zero-order chi connectivity index (χ0) is 15.5. The number of rotatable bonds is 4. The fourth-order valence-corrected chi connectivity index (χ4v) is 3.38. The van der Waals surface area contributed by atoms with Crippen molar-refractivity contribution >= 4 is 11.6 Å². The van der Waals surface area contributed by atoms with Gasteiger partial charge in [0.25, 0.3) is 0 Å². The fourth-order valence-electron chi connectivity index (χ4n) is 3.38. The van der Waals surface area contributed by atoms with Gasteiger partial charge in [0.05, 0.1) is 19.3 Å². The summed E-state index contributed by atoms with van der Waals surface area (Å²) in [6.45, 7) is 6.70. The van der Waals surface area contributed by atoms with Gasteiger partial charge in [-0.2, -0.15) is 0 Å². The summed E-state index contributed by atoms with van der Waals surface area (Å²) in [7, 11) is 2.14. The van der Waals surface area contributed by atoms with Gasteiger partial charge in [-0.05, 0) is 23.6 Å². The molecule has 1 fully saturated rings. The quantitative estimate of drug-likeness (QED) is 0.907. The van der Waals surface area contributed by atoms with Gasteiger partial charge in [-0.1, -0.05) is 12.1 Å². The van der Waals surface area contributed by atoms with Gasteiger partial charge in [0.1, 0.15) is 0 Å². The molecule has 0 aromatic heterocycles. The Bertz CT molecular complexity index is 541. The average molecular weight is 303 g/mol. The molecule has 2 heterocycles. The minimum atomic E-state index is 0.0270. The van der Waals surface area contributed by atoms with Crippen LogP contribution in [0.2, 0.25) is 0 Å². The maximum absolute atomic E-state index is 11.3. The molecular formula is C17H25N3O2. The zero-order valence-electron chi connectivity index (χ0n) is 13.5. The van der Waals surface area contributed by atoms with Crippen molar-refractivity contribution in [2.75, 3.05) is 51.3 Å². The number of hydrogen-bond acceptors (Lipinski definition) is 4. The van der Waals surface area contributed by atoms with Gasteiger partial charge in [0, 0.05) is 45.8 Å². The topological polar surface area (TPSA) is 44.8 Å². The van der Waals surface area contributed by atoms with Crippen molar-refractivity contribution in [2.45, 2.75) is 19.4 Å². The summed E-state index contributed by atoms with van der Waals surface area (Å²) < 4.78 is 5.46. The van der Waals surface area contributed by atoms with E-state index in [0.29, 0.717) is 6.54 Å². The van der Waals surface area contributed by atoms with E-state index in [4.69, 9.17) is 4.74 Å². The fraction of sp³-hybridized carbons (Fsp3) is 0.588. The van der Waals surface area contributed by atoms with Crippen LogP contribution in [0.4, 0.5) is 5.69 Å². The van der Waals surface area contributed by atoms with Crippen LogP contribution in [0.25, 0.3) is 0 Å². The number of nitrogens with one attached hydrogen (secondary N) is 1. The minimum Gasteiger partial charge on any atom is -0.379 e. The number of amides is 1. The highest BCUT2D eigenvalue weighted by Crippen LogP contribution is 2.31. The Balaban J connectivity index is 1.82. The van der Waals surface area contributed by atoms with E-state index in [-0.39, 0.29) is 11.9 Å². The van der Waals surface area contributed by atoms with E-state index in [1.54, 1.807) is 6.92 Å². The number of anilines is 1. The van der Waals surface area contributed by atoms with Crippen LogP contribution in [0.15, 0.2) is 18.2 Å². The number of carbonyl (C=O) groups excluding carboxylic acids is 1. The molecule has 0 aliphatic carbocycles. The molecule has 1 amide bonds. The molecule has 1 atom stereocenters. The van der Waals surface area contributed by atoms with Crippen molar-refractivity contribution < 1.29 is 9.53 Å². The van der Waals surface area contributed by atoms with Crippen molar-refractivity contribution in [1.82, 2.24) is 10.2 Å². The number of likely N-dealkylation sites (N-methyl/N-ethyl adjacent to an activating group) is 1. The number of morpholine rings is 1. The summed E-state index contributed by atoms with van der Waals surface area (Å²) in [6.07, 6.45) is 1.11. The number of nitrogens with zero attached hydrogens (tertiary/aromatic N) is 2. The molecule has 5 heteroatoms. The molecule has 0 bridgehead atoms. The second-order valence-corrected chi connectivity index (χ2v) is 6.16. The highest BCUT2D eigenvalue weighted by atomic mass is 16.5. The third kappa shape index (κ3) is 3.25. The predicted molar refractivity (Wildman–Crippen MR) is 87.2 cm³/mol. The monoisotopic (exact) mass is 303 g/mol. The highest BCUT2D eigenvalue weighted by Gasteiger charge is 2.25. The lowest BCUT2D eigenvalue weighted by Crippen LogP contribution is -2.43. The first-order valence-electron chi connectivity index (χ1n) is 8.05. The third-order valence-electron chi connectivity index (χ3n) is 4.65. The van der Waals surface area contributed by atoms with Gasteiger partial charge in [-0.25, -0.2) is 0 Å². The van der Waals surface area contributed by atoms with E-state index in [1.165, 1.54) is 16.8 Å². The summed E-state index contributed by atoms with van der Waals surface area (Å²) in [5, 5.41) is 2.99. The molecule has 1 saturated heterocycles. The zero-order valence-corrected chi connectivity index (χ0v) is 13.5. The normalized spacial score (nSPS) is 19.8. The molecule has 0 radical (unpaired) electrons. The van der Waals surface area contributed by atoms with Crippen LogP contribution in [0.3, 0.4) is 0 Å². The van der Waals surface area contributed by atoms with E-state index in [9.17, 15) is 4.79 Å². The molecule has 0 spiro atoms. The highest BCUT2D eigenvalue weighted by molar-refractivity contribution is 5.72. The Hall–Kier alpha value is -1.59. The summed E-state index contributed by atoms with van der Waals surface area (Å²) in [5.41, 5.74) is 4.05. The van der Waals surface area contributed by atoms with Crippen molar-refractivity contribution in [1.29, 1.82) is 0 Å². The predicted octanol–water partition coefficient (Wildman–Crippen LogP) is 1.19. The molecule has 1 aromatic carbocycles. The SMILES string of the molecule is CC(=O)NC[C@H](c1ccc2c(c1)CCN2C)N1CCOCC1. The Labute approximate surface area is 132 Å². The maximum atomic E-state index is 11.3. The van der Waals surface area contributed by atoms with E-state index >= 15 is 0 Å². The number of benzene rings is 1. The maximum Gasteiger partial charge on any atom is 0.216 e. The largest absolute Gasteiger partial charge is 0.379 e. The smallest absolute Gasteiger partial charge is 0.216 e. The number of fused-ring (bicyclic) bond motifs is 1. The number of carbonyl (C=O) groups is 1. The lowest BCUT2D eigenvalue weighted by atomic mass is 10.0. The van der Waals surface area contributed by atoms with Crippen LogP contribution in [-0.4, -0.2) is 57.2 Å².